The molecule has 1 rings (SSSR count). The summed E-state index contributed by atoms with van der Waals surface area (Å²) >= 11 is 5.28. The van der Waals surface area contributed by atoms with Crippen molar-refractivity contribution >= 4 is 27.3 Å². The van der Waals surface area contributed by atoms with Crippen LogP contribution in [0.5, 0.6) is 0 Å². The monoisotopic (exact) mass is 304 g/mol. The number of likely N-dealkylation sites (N-methyl/N-ethyl adjacent to an activating group) is 1. The molecule has 92 valence electrons. The second-order valence-corrected chi connectivity index (χ2v) is 5.91. The third-order valence-corrected chi connectivity index (χ3v) is 4.37. The first-order chi connectivity index (χ1) is 7.65. The summed E-state index contributed by atoms with van der Waals surface area (Å²) in [7, 11) is 0. The SMILES string of the molecule is CCN(CC)CC(C)NCc1cc(Br)cs1. The maximum Gasteiger partial charge on any atom is 0.0303 e. The van der Waals surface area contributed by atoms with Gasteiger partial charge in [0, 0.05) is 33.9 Å². The molecule has 1 aromatic heterocycles. The Morgan fingerprint density at radius 3 is 2.62 bits per heavy atom. The number of hydrogen-bond acceptors (Lipinski definition) is 3. The summed E-state index contributed by atoms with van der Waals surface area (Å²) in [4.78, 5) is 3.83. The van der Waals surface area contributed by atoms with Gasteiger partial charge < -0.3 is 10.2 Å². The quantitative estimate of drug-likeness (QED) is 0.831. The molecule has 0 aliphatic heterocycles. The summed E-state index contributed by atoms with van der Waals surface area (Å²) in [5, 5.41) is 5.69. The zero-order chi connectivity index (χ0) is 12.0. The Bertz CT molecular complexity index is 297. The maximum absolute atomic E-state index is 3.56. The molecule has 0 aromatic carbocycles. The van der Waals surface area contributed by atoms with E-state index in [1.165, 1.54) is 9.35 Å². The second-order valence-electron chi connectivity index (χ2n) is 4.00. The van der Waals surface area contributed by atoms with Crippen LogP contribution in [0.2, 0.25) is 0 Å². The van der Waals surface area contributed by atoms with Crippen LogP contribution < -0.4 is 5.32 Å². The van der Waals surface area contributed by atoms with Crippen LogP contribution in [-0.2, 0) is 6.54 Å². The van der Waals surface area contributed by atoms with E-state index < -0.39 is 0 Å². The Kier molecular flexibility index (Phi) is 6.58. The number of hydrogen-bond donors (Lipinski definition) is 1. The molecular weight excluding hydrogens is 284 g/mol. The van der Waals surface area contributed by atoms with Gasteiger partial charge in [0.05, 0.1) is 0 Å². The summed E-state index contributed by atoms with van der Waals surface area (Å²) in [5.74, 6) is 0. The average molecular weight is 305 g/mol. The van der Waals surface area contributed by atoms with Crippen LogP contribution in [0.1, 0.15) is 25.6 Å². The van der Waals surface area contributed by atoms with Crippen molar-refractivity contribution in [1.82, 2.24) is 10.2 Å². The molecule has 1 heterocycles. The van der Waals surface area contributed by atoms with Crippen LogP contribution in [0.15, 0.2) is 15.9 Å². The van der Waals surface area contributed by atoms with Gasteiger partial charge in [-0.1, -0.05) is 13.8 Å². The molecule has 1 aromatic rings. The molecule has 0 radical (unpaired) electrons. The van der Waals surface area contributed by atoms with Crippen LogP contribution >= 0.6 is 27.3 Å². The normalized spacial score (nSPS) is 13.3. The molecule has 16 heavy (non-hydrogen) atoms. The van der Waals surface area contributed by atoms with Crippen molar-refractivity contribution in [2.75, 3.05) is 19.6 Å². The number of nitrogens with zero attached hydrogens (tertiary/aromatic N) is 1. The molecule has 1 atom stereocenters. The summed E-state index contributed by atoms with van der Waals surface area (Å²) in [6, 6.07) is 2.72. The number of halogens is 1. The highest BCUT2D eigenvalue weighted by molar-refractivity contribution is 9.10. The summed E-state index contributed by atoms with van der Waals surface area (Å²) in [6.45, 7) is 11.0. The smallest absolute Gasteiger partial charge is 0.0303 e. The standard InChI is InChI=1S/C12H21BrN2S/c1-4-15(5-2)8-10(3)14-7-12-6-11(13)9-16-12/h6,9-10,14H,4-5,7-8H2,1-3H3. The molecule has 0 saturated carbocycles. The van der Waals surface area contributed by atoms with Gasteiger partial charge in [0.15, 0.2) is 0 Å². The molecule has 0 bridgehead atoms. The van der Waals surface area contributed by atoms with E-state index in [4.69, 9.17) is 0 Å². The highest BCUT2D eigenvalue weighted by Gasteiger charge is 2.06. The zero-order valence-corrected chi connectivity index (χ0v) is 12.7. The molecular formula is C12H21BrN2S. The first kappa shape index (κ1) is 14.2. The Balaban J connectivity index is 2.26. The topological polar surface area (TPSA) is 15.3 Å². The van der Waals surface area contributed by atoms with Gasteiger partial charge in [-0.25, -0.2) is 0 Å². The van der Waals surface area contributed by atoms with Crippen molar-refractivity contribution in [3.63, 3.8) is 0 Å². The van der Waals surface area contributed by atoms with Crippen molar-refractivity contribution < 1.29 is 0 Å². The number of rotatable bonds is 7. The fourth-order valence-electron chi connectivity index (χ4n) is 1.65. The maximum atomic E-state index is 3.56. The van der Waals surface area contributed by atoms with Crippen LogP contribution in [0, 0.1) is 0 Å². The van der Waals surface area contributed by atoms with E-state index in [9.17, 15) is 0 Å². The molecule has 0 saturated heterocycles. The van der Waals surface area contributed by atoms with Crippen LogP contribution in [0.25, 0.3) is 0 Å². The van der Waals surface area contributed by atoms with E-state index in [1.54, 1.807) is 11.3 Å². The van der Waals surface area contributed by atoms with E-state index in [0.717, 1.165) is 26.2 Å². The Hall–Kier alpha value is 0.1000. The van der Waals surface area contributed by atoms with E-state index >= 15 is 0 Å². The van der Waals surface area contributed by atoms with Gasteiger partial charge in [0.2, 0.25) is 0 Å². The molecule has 0 spiro atoms. The van der Waals surface area contributed by atoms with Crippen molar-refractivity contribution in [2.45, 2.75) is 33.4 Å². The predicted octanol–water partition coefficient (Wildman–Crippen LogP) is 3.33. The van der Waals surface area contributed by atoms with E-state index in [-0.39, 0.29) is 0 Å². The number of thiophene rings is 1. The van der Waals surface area contributed by atoms with Gasteiger partial charge in [-0.05, 0) is 42.0 Å². The lowest BCUT2D eigenvalue weighted by Gasteiger charge is -2.23. The highest BCUT2D eigenvalue weighted by Crippen LogP contribution is 2.19. The lowest BCUT2D eigenvalue weighted by Crippen LogP contribution is -2.38. The predicted molar refractivity (Wildman–Crippen MR) is 76.1 cm³/mol. The van der Waals surface area contributed by atoms with Crippen LogP contribution in [0.4, 0.5) is 0 Å². The summed E-state index contributed by atoms with van der Waals surface area (Å²) in [5.41, 5.74) is 0. The van der Waals surface area contributed by atoms with Gasteiger partial charge in [0.1, 0.15) is 0 Å². The molecule has 0 aliphatic carbocycles. The highest BCUT2D eigenvalue weighted by atomic mass is 79.9. The fraction of sp³-hybridized carbons (Fsp3) is 0.667. The van der Waals surface area contributed by atoms with Gasteiger partial charge in [-0.2, -0.15) is 0 Å². The minimum Gasteiger partial charge on any atom is -0.308 e. The number of nitrogens with one attached hydrogen (secondary N) is 1. The van der Waals surface area contributed by atoms with E-state index in [0.29, 0.717) is 6.04 Å². The third kappa shape index (κ3) is 4.95. The lowest BCUT2D eigenvalue weighted by atomic mass is 10.3. The van der Waals surface area contributed by atoms with E-state index in [2.05, 4.69) is 58.4 Å². The second kappa shape index (κ2) is 7.43. The van der Waals surface area contributed by atoms with Gasteiger partial charge in [-0.3, -0.25) is 0 Å². The Labute approximate surface area is 111 Å². The van der Waals surface area contributed by atoms with Crippen LogP contribution in [0.3, 0.4) is 0 Å². The van der Waals surface area contributed by atoms with Crippen molar-refractivity contribution in [1.29, 1.82) is 0 Å². The summed E-state index contributed by atoms with van der Waals surface area (Å²) in [6.07, 6.45) is 0. The first-order valence-electron chi connectivity index (χ1n) is 5.84. The molecule has 1 unspecified atom stereocenters. The first-order valence-corrected chi connectivity index (χ1v) is 7.51. The Morgan fingerprint density at radius 1 is 1.44 bits per heavy atom. The molecule has 0 fully saturated rings. The molecule has 0 aliphatic rings. The molecule has 0 amide bonds. The van der Waals surface area contributed by atoms with Gasteiger partial charge >= 0.3 is 0 Å². The summed E-state index contributed by atoms with van der Waals surface area (Å²) < 4.78 is 1.19. The molecule has 4 heteroatoms. The largest absolute Gasteiger partial charge is 0.308 e. The van der Waals surface area contributed by atoms with E-state index in [1.807, 2.05) is 0 Å². The van der Waals surface area contributed by atoms with Crippen molar-refractivity contribution in [2.24, 2.45) is 0 Å². The molecule has 1 N–H and O–H groups in total. The minimum absolute atomic E-state index is 0.542. The zero-order valence-electron chi connectivity index (χ0n) is 10.3. The Morgan fingerprint density at radius 2 is 2.12 bits per heavy atom. The lowest BCUT2D eigenvalue weighted by molar-refractivity contribution is 0.271. The van der Waals surface area contributed by atoms with Crippen molar-refractivity contribution in [3.8, 4) is 0 Å². The molecule has 2 nitrogen and oxygen atoms in total. The van der Waals surface area contributed by atoms with Crippen molar-refractivity contribution in [3.05, 3.63) is 20.8 Å². The van der Waals surface area contributed by atoms with Gasteiger partial charge in [-0.15, -0.1) is 11.3 Å². The van der Waals surface area contributed by atoms with Gasteiger partial charge in [0.25, 0.3) is 0 Å². The average Bonchev–Trinajstić information content (AvgIpc) is 2.69. The minimum atomic E-state index is 0.542. The fourth-order valence-corrected chi connectivity index (χ4v) is 3.06. The van der Waals surface area contributed by atoms with Crippen LogP contribution in [-0.4, -0.2) is 30.6 Å². The third-order valence-electron chi connectivity index (χ3n) is 2.67.